The van der Waals surface area contributed by atoms with Gasteiger partial charge in [-0.15, -0.1) is 0 Å². The van der Waals surface area contributed by atoms with Gasteiger partial charge in [-0.25, -0.2) is 0 Å². The summed E-state index contributed by atoms with van der Waals surface area (Å²) in [5.41, 5.74) is -3.02. The van der Waals surface area contributed by atoms with Gasteiger partial charge >= 0.3 is 0 Å². The third kappa shape index (κ3) is 16.3. The maximum Gasteiger partial charge on any atom is 0.242 e. The first-order chi connectivity index (χ1) is 44.1. The van der Waals surface area contributed by atoms with Gasteiger partial charge in [-0.1, -0.05) is 57.8 Å². The number of carbonyl (C=O) groups is 5. The predicted octanol–water partition coefficient (Wildman–Crippen LogP) is 9.57. The van der Waals surface area contributed by atoms with E-state index in [-0.39, 0.29) is 62.8 Å². The molecule has 3 aliphatic carbocycles. The van der Waals surface area contributed by atoms with Crippen molar-refractivity contribution in [1.29, 1.82) is 0 Å². The first kappa shape index (κ1) is 78.9. The number of carbonyl (C=O) groups excluding carboxylic acids is 5. The van der Waals surface area contributed by atoms with E-state index in [0.717, 1.165) is 69.5 Å². The van der Waals surface area contributed by atoms with E-state index < -0.39 is 22.2 Å². The smallest absolute Gasteiger partial charge is 0.242 e. The summed E-state index contributed by atoms with van der Waals surface area (Å²) in [5, 5.41) is 0. The zero-order valence-electron chi connectivity index (χ0n) is 66.0. The molecule has 5 aliphatic heterocycles. The van der Waals surface area contributed by atoms with E-state index in [9.17, 15) is 24.0 Å². The zero-order chi connectivity index (χ0) is 72.1. The van der Waals surface area contributed by atoms with Crippen molar-refractivity contribution in [1.82, 2.24) is 64.0 Å². The summed E-state index contributed by atoms with van der Waals surface area (Å²) in [6.07, 6.45) is 17.8. The van der Waals surface area contributed by atoms with Gasteiger partial charge in [0.1, 0.15) is 0 Å². The van der Waals surface area contributed by atoms with Gasteiger partial charge in [0.25, 0.3) is 0 Å². The van der Waals surface area contributed by atoms with E-state index >= 15 is 0 Å². The molecule has 0 bridgehead atoms. The van der Waals surface area contributed by atoms with Gasteiger partial charge in [-0.2, -0.15) is 15.0 Å². The Kier molecular flexibility index (Phi) is 24.0. The monoisotopic (exact) mass is 1340 g/mol. The van der Waals surface area contributed by atoms with Crippen LogP contribution in [0, 0.1) is 0 Å². The molecule has 21 nitrogen and oxygen atoms in total. The molecule has 0 aromatic carbocycles. The molecular weight excluding hydrogens is 1200 g/mol. The number of likely N-dealkylation sites (N-methyl/N-ethyl adjacent to an activating group) is 6. The molecule has 0 unspecified atom stereocenters. The maximum absolute atomic E-state index is 14.1. The van der Waals surface area contributed by atoms with Crippen molar-refractivity contribution in [3.8, 4) is 0 Å². The Balaban J connectivity index is 0.000000272. The van der Waals surface area contributed by atoms with Crippen molar-refractivity contribution in [3.63, 3.8) is 0 Å². The van der Waals surface area contributed by atoms with E-state index in [2.05, 4.69) is 167 Å². The number of nitrogens with zero attached hydrogens (tertiary/aromatic N) is 16. The zero-order valence-corrected chi connectivity index (χ0v) is 66.0. The number of anilines is 3. The second-order valence-corrected chi connectivity index (χ2v) is 36.0. The number of aromatic nitrogens is 3. The van der Waals surface area contributed by atoms with Gasteiger partial charge in [0, 0.05) is 131 Å². The lowest BCUT2D eigenvalue weighted by Gasteiger charge is -2.55. The summed E-state index contributed by atoms with van der Waals surface area (Å²) in [5.74, 6) is 3.17. The molecule has 0 atom stereocenters. The second kappa shape index (κ2) is 29.3. The molecule has 6 heterocycles. The van der Waals surface area contributed by atoms with Crippen molar-refractivity contribution in [3.05, 3.63) is 0 Å². The molecule has 1 aromatic rings. The molecule has 3 saturated carbocycles. The van der Waals surface area contributed by atoms with Crippen LogP contribution in [0.3, 0.4) is 0 Å². The Bertz CT molecular complexity index is 2720. The first-order valence-corrected chi connectivity index (χ1v) is 37.3. The normalized spacial score (nSPS) is 26.4. The van der Waals surface area contributed by atoms with Crippen LogP contribution in [0.1, 0.15) is 242 Å². The van der Waals surface area contributed by atoms with Crippen LogP contribution in [0.4, 0.5) is 17.8 Å². The minimum absolute atomic E-state index is 0.0617. The highest BCUT2D eigenvalue weighted by molar-refractivity contribution is 5.89. The molecule has 0 N–H and O–H groups in total. The quantitative estimate of drug-likeness (QED) is 0.153. The fourth-order valence-corrected chi connectivity index (χ4v) is 17.6. The Labute approximate surface area is 583 Å². The lowest BCUT2D eigenvalue weighted by atomic mass is 9.87. The van der Waals surface area contributed by atoms with Gasteiger partial charge in [0.05, 0.1) is 27.7 Å². The van der Waals surface area contributed by atoms with Crippen LogP contribution in [-0.4, -0.2) is 288 Å². The van der Waals surface area contributed by atoms with Crippen LogP contribution in [0.5, 0.6) is 0 Å². The van der Waals surface area contributed by atoms with Gasteiger partial charge < -0.3 is 39.2 Å². The first-order valence-electron chi connectivity index (χ1n) is 37.3. The lowest BCUT2D eigenvalue weighted by molar-refractivity contribution is -0.162. The van der Waals surface area contributed by atoms with Crippen LogP contribution in [0.25, 0.3) is 0 Å². The van der Waals surface area contributed by atoms with Crippen molar-refractivity contribution in [2.24, 2.45) is 0 Å². The molecule has 21 heteroatoms. The van der Waals surface area contributed by atoms with Crippen LogP contribution < -0.4 is 14.7 Å². The molecular formula is C75H138N16O5. The number of hydrogen-bond donors (Lipinski definition) is 0. The molecule has 1 aromatic heterocycles. The predicted molar refractivity (Wildman–Crippen MR) is 392 cm³/mol. The molecule has 5 amide bonds. The molecule has 5 saturated heterocycles. The summed E-state index contributed by atoms with van der Waals surface area (Å²) in [6, 6.07) is 1.04. The van der Waals surface area contributed by atoms with Crippen LogP contribution in [-0.2, 0) is 24.0 Å². The highest BCUT2D eigenvalue weighted by Gasteiger charge is 2.53. The molecule has 8 fully saturated rings. The standard InChI is InChI=1S/C45H80N10O2.C20H38N4O2.C10H20N2O/c1-12-53(34-22-16-13-17-23-34)39-46-40(54(35-24-18-14-19-25-35)30-28-51-32-42(2,3)49(10)44(6,7)37(51)56)48-41(47-39)55(36-26-20-15-21-27-36)31-29-52-33-43(4,5)50(11)45(8,9)38(52)57;1-17(2)13-23(15(25)19(5,6)21(17)9)11-12-24-14-18(3,4)22(10)20(7,8)16(24)26;1-9(2)7-11(5)8(13)10(3,4)12(9)6/h34-36H,12-33H2,1-11H3;11-14H2,1-10H3;7H2,1-6H3. The van der Waals surface area contributed by atoms with Gasteiger partial charge in [-0.05, 0) is 219 Å². The molecule has 8 aliphatic rings. The number of hydrogen-bond acceptors (Lipinski definition) is 16. The number of piperazine rings is 5. The van der Waals surface area contributed by atoms with Crippen molar-refractivity contribution in [2.45, 2.75) is 315 Å². The minimum Gasteiger partial charge on any atom is -0.342 e. The summed E-state index contributed by atoms with van der Waals surface area (Å²) in [4.78, 5) is 111. The molecule has 0 radical (unpaired) electrons. The third-order valence-corrected chi connectivity index (χ3v) is 25.4. The van der Waals surface area contributed by atoms with Gasteiger partial charge in [0.2, 0.25) is 47.4 Å². The lowest BCUT2D eigenvalue weighted by Crippen LogP contribution is -2.72. The Hall–Kier alpha value is -4.44. The topological polar surface area (TPSA) is 166 Å². The Morgan fingerprint density at radius 3 is 0.792 bits per heavy atom. The average molecular weight is 1340 g/mol. The van der Waals surface area contributed by atoms with Crippen molar-refractivity contribution >= 4 is 47.4 Å². The highest BCUT2D eigenvalue weighted by Crippen LogP contribution is 2.39. The van der Waals surface area contributed by atoms with E-state index in [1.165, 1.54) is 57.8 Å². The highest BCUT2D eigenvalue weighted by atomic mass is 16.2. The maximum atomic E-state index is 14.1. The fraction of sp³-hybridized carbons (Fsp3) is 0.893. The molecule has 0 spiro atoms. The Morgan fingerprint density at radius 2 is 0.531 bits per heavy atom. The van der Waals surface area contributed by atoms with E-state index in [1.807, 2.05) is 84.4 Å². The SMILES string of the molecule is CCN(c1nc(N(CCN2CC(C)(C)N(C)C(C)(C)C2=O)C2CCCCC2)nc(N(CCN2CC(C)(C)N(C)C(C)(C)C2=O)C2CCCCC2)n1)C1CCCCC1.CN1C(C)(C)CN(CCN2CC(C)(C)N(C)C(C)(C)C2=O)C(=O)C1(C)C.CN1CC(C)(C)N(C)C(C)(C)C1=O. The number of amides is 5. The average Bonchev–Trinajstić information content (AvgIpc) is 0.784. The van der Waals surface area contributed by atoms with Crippen molar-refractivity contribution < 1.29 is 24.0 Å². The minimum atomic E-state index is -0.581. The van der Waals surface area contributed by atoms with Crippen LogP contribution in [0.15, 0.2) is 0 Å². The van der Waals surface area contributed by atoms with E-state index in [4.69, 9.17) is 15.0 Å². The third-order valence-electron chi connectivity index (χ3n) is 25.4. The second-order valence-electron chi connectivity index (χ2n) is 36.0. The van der Waals surface area contributed by atoms with Crippen LogP contribution >= 0.6 is 0 Å². The summed E-state index contributed by atoms with van der Waals surface area (Å²) in [7, 11) is 12.1. The molecule has 9 rings (SSSR count). The van der Waals surface area contributed by atoms with E-state index in [0.29, 0.717) is 83.6 Å². The van der Waals surface area contributed by atoms with E-state index in [1.54, 1.807) is 0 Å². The van der Waals surface area contributed by atoms with Crippen molar-refractivity contribution in [2.75, 3.05) is 136 Å². The summed E-state index contributed by atoms with van der Waals surface area (Å²) < 4.78 is 0. The summed E-state index contributed by atoms with van der Waals surface area (Å²) in [6.45, 7) is 52.6. The summed E-state index contributed by atoms with van der Waals surface area (Å²) >= 11 is 0. The van der Waals surface area contributed by atoms with Gasteiger partial charge in [0.15, 0.2) is 0 Å². The largest absolute Gasteiger partial charge is 0.342 e. The molecule has 548 valence electrons. The number of rotatable bonds is 16. The Morgan fingerprint density at radius 1 is 0.312 bits per heavy atom. The molecule has 96 heavy (non-hydrogen) atoms. The van der Waals surface area contributed by atoms with Gasteiger partial charge in [-0.3, -0.25) is 48.5 Å². The fourth-order valence-electron chi connectivity index (χ4n) is 17.6. The van der Waals surface area contributed by atoms with Crippen LogP contribution in [0.2, 0.25) is 0 Å².